The lowest BCUT2D eigenvalue weighted by Crippen LogP contribution is -2.40. The molecule has 1 atom stereocenters. The van der Waals surface area contributed by atoms with Crippen LogP contribution < -0.4 is 24.4 Å². The first-order valence-electron chi connectivity index (χ1n) is 16.2. The maximum absolute atomic E-state index is 14.7. The van der Waals surface area contributed by atoms with Gasteiger partial charge in [-0.25, -0.2) is 4.79 Å². The van der Waals surface area contributed by atoms with E-state index in [1.54, 1.807) is 84.0 Å². The van der Waals surface area contributed by atoms with Gasteiger partial charge in [-0.2, -0.15) is 0 Å². The van der Waals surface area contributed by atoms with Gasteiger partial charge in [-0.3, -0.25) is 4.79 Å². The second-order valence-electron chi connectivity index (χ2n) is 14.1. The van der Waals surface area contributed by atoms with Crippen LogP contribution in [0.5, 0.6) is 17.2 Å². The molecule has 0 radical (unpaired) electrons. The van der Waals surface area contributed by atoms with Crippen LogP contribution >= 0.6 is 11.6 Å². The zero-order valence-electron chi connectivity index (χ0n) is 29.7. The Labute approximate surface area is 299 Å². The molecule has 1 fully saturated rings. The number of oxime groups is 1. The molecule has 3 aromatic rings. The third kappa shape index (κ3) is 8.63. The van der Waals surface area contributed by atoms with Gasteiger partial charge >= 0.3 is 12.3 Å². The van der Waals surface area contributed by atoms with Crippen molar-refractivity contribution in [3.63, 3.8) is 0 Å². The zero-order chi connectivity index (χ0) is 37.5. The van der Waals surface area contributed by atoms with E-state index in [2.05, 4.69) is 15.2 Å². The molecule has 1 saturated carbocycles. The maximum Gasteiger partial charge on any atom is 0.573 e. The fourth-order valence-corrected chi connectivity index (χ4v) is 5.99. The SMILES string of the molecule is COc1cc(NC(C(=O)N2CC3(CC3)c3ccc(OC(F)(F)F)cc32)c2ccc(Cl)cc2OC)cc(C(C)=NOC(C)(C)C(=O)OC(C)(C)C)c1. The summed E-state index contributed by atoms with van der Waals surface area (Å²) in [4.78, 5) is 34.6. The average Bonchev–Trinajstić information content (AvgIpc) is 3.76. The van der Waals surface area contributed by atoms with Crippen molar-refractivity contribution >= 4 is 40.6 Å². The average molecular weight is 732 g/mol. The van der Waals surface area contributed by atoms with Gasteiger partial charge in [-0.15, -0.1) is 13.2 Å². The molecule has 0 aromatic heterocycles. The summed E-state index contributed by atoms with van der Waals surface area (Å²) in [7, 11) is 2.93. The van der Waals surface area contributed by atoms with E-state index in [9.17, 15) is 22.8 Å². The summed E-state index contributed by atoms with van der Waals surface area (Å²) in [6.07, 6.45) is -3.33. The Balaban J connectivity index is 1.52. The van der Waals surface area contributed by atoms with Crippen molar-refractivity contribution < 1.29 is 46.5 Å². The van der Waals surface area contributed by atoms with Crippen LogP contribution in [0.3, 0.4) is 0 Å². The van der Waals surface area contributed by atoms with Gasteiger partial charge in [-0.05, 0) is 90.3 Å². The second kappa shape index (κ2) is 13.8. The summed E-state index contributed by atoms with van der Waals surface area (Å²) in [5.74, 6) is -0.715. The van der Waals surface area contributed by atoms with Gasteiger partial charge in [0.25, 0.3) is 5.91 Å². The summed E-state index contributed by atoms with van der Waals surface area (Å²) in [5.41, 5.74) is 0.480. The van der Waals surface area contributed by atoms with E-state index in [1.807, 2.05) is 0 Å². The Morgan fingerprint density at radius 3 is 2.25 bits per heavy atom. The highest BCUT2D eigenvalue weighted by Gasteiger charge is 2.54. The Kier molecular flexibility index (Phi) is 10.2. The molecule has 10 nitrogen and oxygen atoms in total. The fourth-order valence-electron chi connectivity index (χ4n) is 5.83. The van der Waals surface area contributed by atoms with Crippen molar-refractivity contribution in [3.8, 4) is 17.2 Å². The highest BCUT2D eigenvalue weighted by molar-refractivity contribution is 6.30. The van der Waals surface area contributed by atoms with Crippen LogP contribution in [0.2, 0.25) is 5.02 Å². The van der Waals surface area contributed by atoms with E-state index in [0.717, 1.165) is 18.4 Å². The molecule has 14 heteroatoms. The van der Waals surface area contributed by atoms with Crippen LogP contribution in [0.1, 0.15) is 77.1 Å². The van der Waals surface area contributed by atoms with E-state index >= 15 is 0 Å². The van der Waals surface area contributed by atoms with Crippen LogP contribution in [0, 0.1) is 0 Å². The number of benzene rings is 3. The third-order valence-corrected chi connectivity index (χ3v) is 8.81. The first-order chi connectivity index (χ1) is 23.7. The van der Waals surface area contributed by atoms with E-state index in [4.69, 9.17) is 30.6 Å². The minimum absolute atomic E-state index is 0.282. The topological polar surface area (TPSA) is 108 Å². The molecule has 3 aromatic carbocycles. The van der Waals surface area contributed by atoms with Crippen LogP contribution in [0.4, 0.5) is 24.5 Å². The number of amides is 1. The van der Waals surface area contributed by atoms with Gasteiger partial charge in [0.1, 0.15) is 28.9 Å². The lowest BCUT2D eigenvalue weighted by Gasteiger charge is -2.28. The van der Waals surface area contributed by atoms with E-state index in [1.165, 1.54) is 31.3 Å². The van der Waals surface area contributed by atoms with Gasteiger partial charge in [0.15, 0.2) is 0 Å². The summed E-state index contributed by atoms with van der Waals surface area (Å²) < 4.78 is 60.5. The number of carbonyl (C=O) groups is 2. The minimum atomic E-state index is -4.90. The number of esters is 1. The number of rotatable bonds is 11. The molecule has 2 aliphatic rings. The molecule has 51 heavy (non-hydrogen) atoms. The first kappa shape index (κ1) is 37.6. The van der Waals surface area contributed by atoms with Crippen LogP contribution in [-0.4, -0.2) is 55.9 Å². The maximum atomic E-state index is 14.7. The predicted molar refractivity (Wildman–Crippen MR) is 187 cm³/mol. The molecule has 1 heterocycles. The highest BCUT2D eigenvalue weighted by Crippen LogP contribution is 2.57. The first-order valence-corrected chi connectivity index (χ1v) is 16.6. The molecule has 1 amide bonds. The Bertz CT molecular complexity index is 1850. The zero-order valence-corrected chi connectivity index (χ0v) is 30.4. The number of ether oxygens (including phenoxy) is 4. The summed E-state index contributed by atoms with van der Waals surface area (Å²) in [6.45, 7) is 10.3. The third-order valence-electron chi connectivity index (χ3n) is 8.57. The lowest BCUT2D eigenvalue weighted by atomic mass is 9.99. The predicted octanol–water partition coefficient (Wildman–Crippen LogP) is 8.35. The molecule has 1 unspecified atom stereocenters. The van der Waals surface area contributed by atoms with Crippen LogP contribution in [0.15, 0.2) is 59.8 Å². The van der Waals surface area contributed by atoms with E-state index < -0.39 is 41.2 Å². The number of nitrogens with zero attached hydrogens (tertiary/aromatic N) is 2. The highest BCUT2D eigenvalue weighted by atomic mass is 35.5. The number of hydrogen-bond donors (Lipinski definition) is 1. The quantitative estimate of drug-likeness (QED) is 0.119. The molecule has 5 rings (SSSR count). The fraction of sp³-hybridized carbons (Fsp3) is 0.432. The van der Waals surface area contributed by atoms with Gasteiger partial charge in [0.05, 0.1) is 25.6 Å². The molecule has 1 aliphatic carbocycles. The van der Waals surface area contributed by atoms with Crippen molar-refractivity contribution in [1.82, 2.24) is 0 Å². The second-order valence-corrected chi connectivity index (χ2v) is 14.6. The number of methoxy groups -OCH3 is 2. The van der Waals surface area contributed by atoms with Crippen molar-refractivity contribution in [2.45, 2.75) is 83.4 Å². The summed E-state index contributed by atoms with van der Waals surface area (Å²) in [6, 6.07) is 13.0. The Hall–Kier alpha value is -4.65. The summed E-state index contributed by atoms with van der Waals surface area (Å²) in [5, 5.41) is 7.91. The number of carbonyl (C=O) groups excluding carboxylic acids is 2. The normalized spacial score (nSPS) is 15.9. The van der Waals surface area contributed by atoms with Gasteiger partial charge in [0.2, 0.25) is 5.60 Å². The number of nitrogens with one attached hydrogen (secondary N) is 1. The standard InChI is InChI=1S/C37H41ClF3N3O7/c1-21(43-51-35(5,6)33(46)50-34(2,3)4)22-15-24(18-26(16-22)47-7)42-31(27-11-9-23(38)17-30(27)48-8)32(45)44-20-36(13-14-36)28-12-10-25(19-29(28)44)49-37(39,40)41/h9-12,15-19,31,42H,13-14,20H2,1-8H3. The number of fused-ring (bicyclic) bond motifs is 2. The largest absolute Gasteiger partial charge is 0.573 e. The Morgan fingerprint density at radius 2 is 1.65 bits per heavy atom. The smallest absolute Gasteiger partial charge is 0.497 e. The monoisotopic (exact) mass is 731 g/mol. The lowest BCUT2D eigenvalue weighted by molar-refractivity contribution is -0.274. The van der Waals surface area contributed by atoms with E-state index in [-0.39, 0.29) is 12.0 Å². The number of hydrogen-bond acceptors (Lipinski definition) is 9. The van der Waals surface area contributed by atoms with Gasteiger partial charge in [-0.1, -0.05) is 28.9 Å². The van der Waals surface area contributed by atoms with Crippen LogP contribution in [-0.2, 0) is 24.6 Å². The minimum Gasteiger partial charge on any atom is -0.497 e. The molecule has 1 aliphatic heterocycles. The molecular formula is C37H41ClF3N3O7. The van der Waals surface area contributed by atoms with Crippen molar-refractivity contribution in [1.29, 1.82) is 0 Å². The van der Waals surface area contributed by atoms with Crippen molar-refractivity contribution in [2.24, 2.45) is 5.16 Å². The molecule has 0 bridgehead atoms. The van der Waals surface area contributed by atoms with Crippen molar-refractivity contribution in [3.05, 3.63) is 76.3 Å². The molecular weight excluding hydrogens is 691 g/mol. The van der Waals surface area contributed by atoms with Gasteiger partial charge < -0.3 is 34.0 Å². The van der Waals surface area contributed by atoms with Crippen molar-refractivity contribution in [2.75, 3.05) is 31.0 Å². The molecule has 0 saturated heterocycles. The molecule has 1 N–H and O–H groups in total. The van der Waals surface area contributed by atoms with Crippen LogP contribution in [0.25, 0.3) is 0 Å². The molecule has 274 valence electrons. The Morgan fingerprint density at radius 1 is 0.941 bits per heavy atom. The summed E-state index contributed by atoms with van der Waals surface area (Å²) >= 11 is 6.29. The van der Waals surface area contributed by atoms with E-state index in [0.29, 0.717) is 44.7 Å². The molecule has 1 spiro atoms. The number of alkyl halides is 3. The number of anilines is 2. The van der Waals surface area contributed by atoms with Gasteiger partial charge in [0, 0.05) is 45.9 Å². The number of halogens is 4.